The smallest absolute Gasteiger partial charge is 0.240 e. The minimum absolute atomic E-state index is 0.0377. The largest absolute Gasteiger partial charge is 0.461 e. The molecule has 0 unspecified atom stereocenters. The number of carbonyl (C=O) groups excluding carboxylic acids is 1. The van der Waals surface area contributed by atoms with E-state index in [1.54, 1.807) is 6.26 Å². The lowest BCUT2D eigenvalue weighted by Gasteiger charge is -2.24. The van der Waals surface area contributed by atoms with Crippen molar-refractivity contribution >= 4 is 17.7 Å². The standard InChI is InChI=1S/C18H22N4O2S/c1-4-22-15(14-11-8-12-24-14)20-21-17(22)25-18(2,3)16(23)19-13-9-6-5-7-10-13/h5-6,8-9,11-12H,4,7,10H2,1-3H3,(H,19,23). The van der Waals surface area contributed by atoms with E-state index in [1.807, 2.05) is 49.6 Å². The molecule has 0 aliphatic heterocycles. The van der Waals surface area contributed by atoms with Gasteiger partial charge in [-0.2, -0.15) is 0 Å². The maximum atomic E-state index is 12.7. The molecule has 1 aliphatic rings. The van der Waals surface area contributed by atoms with Crippen LogP contribution in [-0.4, -0.2) is 25.4 Å². The molecule has 132 valence electrons. The van der Waals surface area contributed by atoms with Crippen LogP contribution in [-0.2, 0) is 11.3 Å². The van der Waals surface area contributed by atoms with Crippen molar-refractivity contribution in [2.45, 2.75) is 50.1 Å². The Labute approximate surface area is 151 Å². The summed E-state index contributed by atoms with van der Waals surface area (Å²) in [5.41, 5.74) is 0.953. The Bertz CT molecular complexity index is 803. The van der Waals surface area contributed by atoms with Crippen molar-refractivity contribution < 1.29 is 9.21 Å². The van der Waals surface area contributed by atoms with Gasteiger partial charge in [-0.05, 0) is 51.8 Å². The third-order valence-electron chi connectivity index (χ3n) is 3.96. The van der Waals surface area contributed by atoms with E-state index in [9.17, 15) is 4.79 Å². The summed E-state index contributed by atoms with van der Waals surface area (Å²) in [6.07, 6.45) is 9.44. The number of aromatic nitrogens is 3. The van der Waals surface area contributed by atoms with Gasteiger partial charge in [0.05, 0.1) is 11.0 Å². The number of allylic oxidation sites excluding steroid dienone is 4. The van der Waals surface area contributed by atoms with Crippen LogP contribution in [0.25, 0.3) is 11.6 Å². The summed E-state index contributed by atoms with van der Waals surface area (Å²) in [7, 11) is 0. The predicted molar refractivity (Wildman–Crippen MR) is 97.9 cm³/mol. The average Bonchev–Trinajstić information content (AvgIpc) is 3.24. The minimum atomic E-state index is -0.678. The van der Waals surface area contributed by atoms with Crippen molar-refractivity contribution in [3.05, 3.63) is 42.3 Å². The first-order valence-electron chi connectivity index (χ1n) is 8.34. The summed E-state index contributed by atoms with van der Waals surface area (Å²) >= 11 is 1.40. The Kier molecular flexibility index (Phi) is 5.13. The number of nitrogens with one attached hydrogen (secondary N) is 1. The molecule has 1 amide bonds. The normalized spacial score (nSPS) is 14.4. The Morgan fingerprint density at radius 2 is 2.28 bits per heavy atom. The summed E-state index contributed by atoms with van der Waals surface area (Å²) in [6.45, 7) is 6.51. The summed E-state index contributed by atoms with van der Waals surface area (Å²) in [6, 6.07) is 3.67. The topological polar surface area (TPSA) is 73.0 Å². The number of nitrogens with zero attached hydrogens (tertiary/aromatic N) is 3. The molecule has 0 saturated heterocycles. The first-order chi connectivity index (χ1) is 12.0. The molecule has 2 aromatic rings. The number of carbonyl (C=O) groups is 1. The van der Waals surface area contributed by atoms with Gasteiger partial charge in [0.1, 0.15) is 0 Å². The molecule has 6 nitrogen and oxygen atoms in total. The van der Waals surface area contributed by atoms with Crippen LogP contribution < -0.4 is 5.32 Å². The van der Waals surface area contributed by atoms with Crippen LogP contribution in [0.5, 0.6) is 0 Å². The quantitative estimate of drug-likeness (QED) is 0.796. The molecule has 2 heterocycles. The van der Waals surface area contributed by atoms with Crippen molar-refractivity contribution in [2.75, 3.05) is 0 Å². The van der Waals surface area contributed by atoms with Crippen molar-refractivity contribution in [1.29, 1.82) is 0 Å². The number of thioether (sulfide) groups is 1. The summed E-state index contributed by atoms with van der Waals surface area (Å²) in [5, 5.41) is 12.2. The number of amides is 1. The molecular formula is C18H22N4O2S. The van der Waals surface area contributed by atoms with Crippen LogP contribution in [0.15, 0.2) is 51.9 Å². The predicted octanol–water partition coefficient (Wildman–Crippen LogP) is 3.78. The lowest BCUT2D eigenvalue weighted by Crippen LogP contribution is -2.39. The van der Waals surface area contributed by atoms with Gasteiger partial charge in [0.15, 0.2) is 16.7 Å². The van der Waals surface area contributed by atoms with E-state index in [0.29, 0.717) is 23.3 Å². The molecule has 0 fully saturated rings. The highest BCUT2D eigenvalue weighted by Crippen LogP contribution is 2.34. The molecule has 0 atom stereocenters. The maximum absolute atomic E-state index is 12.7. The van der Waals surface area contributed by atoms with E-state index in [1.165, 1.54) is 11.8 Å². The zero-order chi connectivity index (χ0) is 17.9. The van der Waals surface area contributed by atoms with Gasteiger partial charge in [-0.1, -0.05) is 23.9 Å². The molecule has 3 rings (SSSR count). The molecule has 1 aliphatic carbocycles. The van der Waals surface area contributed by atoms with Crippen LogP contribution in [0.1, 0.15) is 33.6 Å². The molecule has 0 spiro atoms. The highest BCUT2D eigenvalue weighted by atomic mass is 32.2. The van der Waals surface area contributed by atoms with Crippen molar-refractivity contribution in [3.63, 3.8) is 0 Å². The molecule has 25 heavy (non-hydrogen) atoms. The SMILES string of the molecule is CCn1c(SC(C)(C)C(=O)NC2=CC=CCC2)nnc1-c1ccco1. The van der Waals surface area contributed by atoms with Crippen molar-refractivity contribution in [1.82, 2.24) is 20.1 Å². The molecule has 1 N–H and O–H groups in total. The number of rotatable bonds is 6. The Morgan fingerprint density at radius 3 is 2.92 bits per heavy atom. The lowest BCUT2D eigenvalue weighted by atomic mass is 10.1. The van der Waals surface area contributed by atoms with Crippen molar-refractivity contribution in [3.8, 4) is 11.6 Å². The minimum Gasteiger partial charge on any atom is -0.461 e. The fourth-order valence-electron chi connectivity index (χ4n) is 2.51. The third-order valence-corrected chi connectivity index (χ3v) is 5.14. The van der Waals surface area contributed by atoms with Crippen molar-refractivity contribution in [2.24, 2.45) is 0 Å². The van der Waals surface area contributed by atoms with Gasteiger partial charge < -0.3 is 9.73 Å². The zero-order valence-corrected chi connectivity index (χ0v) is 15.5. The third kappa shape index (κ3) is 3.87. The molecule has 0 aromatic carbocycles. The molecular weight excluding hydrogens is 336 g/mol. The van der Waals surface area contributed by atoms with Crippen LogP contribution in [0.2, 0.25) is 0 Å². The van der Waals surface area contributed by atoms with E-state index in [0.717, 1.165) is 18.5 Å². The van der Waals surface area contributed by atoms with Crippen LogP contribution in [0.4, 0.5) is 0 Å². The first-order valence-corrected chi connectivity index (χ1v) is 9.16. The number of hydrogen-bond acceptors (Lipinski definition) is 5. The second-order valence-corrected chi connectivity index (χ2v) is 7.84. The fourth-order valence-corrected chi connectivity index (χ4v) is 3.52. The second-order valence-electron chi connectivity index (χ2n) is 6.25. The number of hydrogen-bond donors (Lipinski definition) is 1. The van der Waals surface area contributed by atoms with E-state index in [4.69, 9.17) is 4.42 Å². The Morgan fingerprint density at radius 1 is 1.44 bits per heavy atom. The van der Waals surface area contributed by atoms with Gasteiger partial charge in [0.25, 0.3) is 0 Å². The summed E-state index contributed by atoms with van der Waals surface area (Å²) in [4.78, 5) is 12.7. The Balaban J connectivity index is 1.77. The second kappa shape index (κ2) is 7.31. The maximum Gasteiger partial charge on any atom is 0.240 e. The van der Waals surface area contributed by atoms with E-state index in [-0.39, 0.29) is 5.91 Å². The fraction of sp³-hybridized carbons (Fsp3) is 0.389. The van der Waals surface area contributed by atoms with Gasteiger partial charge in [0, 0.05) is 12.2 Å². The van der Waals surface area contributed by atoms with Gasteiger partial charge in [0.2, 0.25) is 5.91 Å². The van der Waals surface area contributed by atoms with Gasteiger partial charge in [-0.15, -0.1) is 10.2 Å². The summed E-state index contributed by atoms with van der Waals surface area (Å²) < 4.78 is 6.71. The molecule has 7 heteroatoms. The molecule has 0 saturated carbocycles. The summed E-state index contributed by atoms with van der Waals surface area (Å²) in [5.74, 6) is 1.30. The zero-order valence-electron chi connectivity index (χ0n) is 14.7. The molecule has 0 bridgehead atoms. The van der Waals surface area contributed by atoms with Gasteiger partial charge >= 0.3 is 0 Å². The highest BCUT2D eigenvalue weighted by Gasteiger charge is 2.32. The van der Waals surface area contributed by atoms with Crippen LogP contribution in [0.3, 0.4) is 0 Å². The van der Waals surface area contributed by atoms with Crippen LogP contribution >= 0.6 is 11.8 Å². The van der Waals surface area contributed by atoms with E-state index >= 15 is 0 Å². The molecule has 2 aromatic heterocycles. The van der Waals surface area contributed by atoms with Gasteiger partial charge in [-0.3, -0.25) is 9.36 Å². The first kappa shape index (κ1) is 17.5. The van der Waals surface area contributed by atoms with Crippen LogP contribution in [0, 0.1) is 0 Å². The van der Waals surface area contributed by atoms with E-state index in [2.05, 4.69) is 21.6 Å². The van der Waals surface area contributed by atoms with Gasteiger partial charge in [-0.25, -0.2) is 0 Å². The Hall–Kier alpha value is -2.28. The molecule has 0 radical (unpaired) electrons. The lowest BCUT2D eigenvalue weighted by molar-refractivity contribution is -0.122. The average molecular weight is 358 g/mol. The monoisotopic (exact) mass is 358 g/mol. The van der Waals surface area contributed by atoms with E-state index < -0.39 is 4.75 Å². The highest BCUT2D eigenvalue weighted by molar-refractivity contribution is 8.01. The number of furan rings is 1.